The highest BCUT2D eigenvalue weighted by Crippen LogP contribution is 2.27. The fourth-order valence-corrected chi connectivity index (χ4v) is 2.91. The minimum atomic E-state index is -0.0565. The van der Waals surface area contributed by atoms with E-state index < -0.39 is 0 Å². The molecule has 0 spiro atoms. The molecular weight excluding hydrogens is 370 g/mol. The molecule has 0 aliphatic carbocycles. The standard InChI is InChI=1S/C22H22ClN5/c1-3-6-16(13-14-24)15(2)25-21-22(26-18-11-9-17(23)10-12-18)28-20-8-5-4-7-19(20)27-21/h3-15,24H,1-2H3,(H,25,27)(H,26,28)/b6-3-,16-13+,24-14?. The Balaban J connectivity index is 1.99. The van der Waals surface area contributed by atoms with Crippen LogP contribution in [0.2, 0.25) is 5.02 Å². The first kappa shape index (κ1) is 19.6. The third-order valence-electron chi connectivity index (χ3n) is 4.17. The second-order valence-corrected chi connectivity index (χ2v) is 6.68. The van der Waals surface area contributed by atoms with Crippen LogP contribution in [0.5, 0.6) is 0 Å². The predicted molar refractivity (Wildman–Crippen MR) is 119 cm³/mol. The first-order valence-corrected chi connectivity index (χ1v) is 9.37. The normalized spacial score (nSPS) is 12.9. The smallest absolute Gasteiger partial charge is 0.174 e. The predicted octanol–water partition coefficient (Wildman–Crippen LogP) is 5.98. The van der Waals surface area contributed by atoms with Crippen LogP contribution in [-0.2, 0) is 0 Å². The molecular formula is C22H22ClN5. The molecule has 3 aromatic rings. The molecule has 1 atom stereocenters. The lowest BCUT2D eigenvalue weighted by molar-refractivity contribution is 0.940. The first-order valence-electron chi connectivity index (χ1n) is 9.00. The van der Waals surface area contributed by atoms with Crippen LogP contribution < -0.4 is 10.6 Å². The van der Waals surface area contributed by atoms with E-state index in [4.69, 9.17) is 27.0 Å². The maximum Gasteiger partial charge on any atom is 0.174 e. The van der Waals surface area contributed by atoms with Crippen LogP contribution in [0.15, 0.2) is 72.3 Å². The fourth-order valence-electron chi connectivity index (χ4n) is 2.78. The summed E-state index contributed by atoms with van der Waals surface area (Å²) >= 11 is 5.99. The molecule has 0 saturated heterocycles. The molecule has 142 valence electrons. The van der Waals surface area contributed by atoms with E-state index >= 15 is 0 Å². The highest BCUT2D eigenvalue weighted by atomic mass is 35.5. The summed E-state index contributed by atoms with van der Waals surface area (Å²) in [4.78, 5) is 9.51. The number of hydrogen-bond donors (Lipinski definition) is 3. The van der Waals surface area contributed by atoms with Crippen molar-refractivity contribution < 1.29 is 0 Å². The van der Waals surface area contributed by atoms with E-state index in [0.29, 0.717) is 16.7 Å². The second-order valence-electron chi connectivity index (χ2n) is 6.24. The van der Waals surface area contributed by atoms with Gasteiger partial charge >= 0.3 is 0 Å². The van der Waals surface area contributed by atoms with Gasteiger partial charge in [-0.2, -0.15) is 0 Å². The van der Waals surface area contributed by atoms with Crippen LogP contribution in [-0.4, -0.2) is 22.2 Å². The molecule has 1 heterocycles. The minimum Gasteiger partial charge on any atom is -0.360 e. The molecule has 0 saturated carbocycles. The number of halogens is 1. The number of benzene rings is 2. The van der Waals surface area contributed by atoms with Crippen molar-refractivity contribution in [1.82, 2.24) is 9.97 Å². The number of fused-ring (bicyclic) bond motifs is 1. The van der Waals surface area contributed by atoms with Crippen LogP contribution in [0.3, 0.4) is 0 Å². The van der Waals surface area contributed by atoms with Crippen LogP contribution >= 0.6 is 11.6 Å². The van der Waals surface area contributed by atoms with Gasteiger partial charge < -0.3 is 16.0 Å². The van der Waals surface area contributed by atoms with E-state index in [1.807, 2.05) is 74.5 Å². The third kappa shape index (κ3) is 4.75. The second kappa shape index (κ2) is 9.15. The van der Waals surface area contributed by atoms with Crippen molar-refractivity contribution in [2.45, 2.75) is 19.9 Å². The summed E-state index contributed by atoms with van der Waals surface area (Å²) in [5.74, 6) is 1.27. The Morgan fingerprint density at radius 1 is 1.04 bits per heavy atom. The van der Waals surface area contributed by atoms with E-state index in [0.717, 1.165) is 22.3 Å². The summed E-state index contributed by atoms with van der Waals surface area (Å²) in [6, 6.07) is 15.1. The number of rotatable bonds is 7. The molecule has 0 bridgehead atoms. The van der Waals surface area contributed by atoms with Gasteiger partial charge in [0.15, 0.2) is 11.6 Å². The average Bonchev–Trinajstić information content (AvgIpc) is 2.70. The van der Waals surface area contributed by atoms with Gasteiger partial charge in [-0.3, -0.25) is 0 Å². The van der Waals surface area contributed by atoms with Gasteiger partial charge in [0.05, 0.1) is 17.1 Å². The molecule has 0 radical (unpaired) electrons. The van der Waals surface area contributed by atoms with Crippen molar-refractivity contribution in [3.8, 4) is 0 Å². The number of hydrogen-bond acceptors (Lipinski definition) is 5. The first-order chi connectivity index (χ1) is 13.6. The lowest BCUT2D eigenvalue weighted by Gasteiger charge is -2.19. The molecule has 0 amide bonds. The molecule has 2 aromatic carbocycles. The molecule has 0 aliphatic heterocycles. The quantitative estimate of drug-likeness (QED) is 0.342. The SMILES string of the molecule is C/C=C\C(=C/C=N)C(C)Nc1nc2ccccc2nc1Nc1ccc(Cl)cc1. The Bertz CT molecular complexity index is 1020. The van der Waals surface area contributed by atoms with Crippen molar-refractivity contribution in [2.24, 2.45) is 0 Å². The van der Waals surface area contributed by atoms with Gasteiger partial charge in [-0.25, -0.2) is 9.97 Å². The zero-order chi connectivity index (χ0) is 19.9. The molecule has 28 heavy (non-hydrogen) atoms. The van der Waals surface area contributed by atoms with Gasteiger partial charge in [0.25, 0.3) is 0 Å². The number of para-hydroxylation sites is 2. The van der Waals surface area contributed by atoms with Gasteiger partial charge in [-0.15, -0.1) is 0 Å². The van der Waals surface area contributed by atoms with Crippen molar-refractivity contribution in [1.29, 1.82) is 5.41 Å². The number of nitrogens with one attached hydrogen (secondary N) is 3. The number of nitrogens with zero attached hydrogens (tertiary/aromatic N) is 2. The molecule has 1 unspecified atom stereocenters. The highest BCUT2D eigenvalue weighted by molar-refractivity contribution is 6.30. The Morgan fingerprint density at radius 2 is 1.68 bits per heavy atom. The molecule has 1 aromatic heterocycles. The number of anilines is 3. The largest absolute Gasteiger partial charge is 0.360 e. The average molecular weight is 392 g/mol. The number of aromatic nitrogens is 2. The van der Waals surface area contributed by atoms with Gasteiger partial charge in [0, 0.05) is 16.9 Å². The molecule has 3 N–H and O–H groups in total. The zero-order valence-electron chi connectivity index (χ0n) is 15.8. The van der Waals surface area contributed by atoms with E-state index in [1.54, 1.807) is 6.08 Å². The molecule has 5 nitrogen and oxygen atoms in total. The summed E-state index contributed by atoms with van der Waals surface area (Å²) < 4.78 is 0. The zero-order valence-corrected chi connectivity index (χ0v) is 16.5. The van der Waals surface area contributed by atoms with E-state index in [2.05, 4.69) is 10.6 Å². The maximum atomic E-state index is 7.39. The summed E-state index contributed by atoms with van der Waals surface area (Å²) in [5.41, 5.74) is 3.46. The van der Waals surface area contributed by atoms with E-state index in [1.165, 1.54) is 6.21 Å². The Kier molecular flexibility index (Phi) is 6.40. The highest BCUT2D eigenvalue weighted by Gasteiger charge is 2.13. The Labute approximate surface area is 169 Å². The Morgan fingerprint density at radius 3 is 2.29 bits per heavy atom. The van der Waals surface area contributed by atoms with Crippen LogP contribution in [0.25, 0.3) is 11.0 Å². The summed E-state index contributed by atoms with van der Waals surface area (Å²) in [7, 11) is 0. The molecule has 6 heteroatoms. The van der Waals surface area contributed by atoms with Crippen LogP contribution in [0, 0.1) is 5.41 Å². The van der Waals surface area contributed by atoms with Gasteiger partial charge in [0.1, 0.15) is 0 Å². The third-order valence-corrected chi connectivity index (χ3v) is 4.42. The van der Waals surface area contributed by atoms with Gasteiger partial charge in [-0.05, 0) is 61.9 Å². The van der Waals surface area contributed by atoms with E-state index in [9.17, 15) is 0 Å². The molecule has 3 rings (SSSR count). The van der Waals surface area contributed by atoms with Gasteiger partial charge in [0.2, 0.25) is 0 Å². The Hall–Kier alpha value is -3.18. The lowest BCUT2D eigenvalue weighted by atomic mass is 10.1. The maximum absolute atomic E-state index is 7.39. The molecule has 0 fully saturated rings. The van der Waals surface area contributed by atoms with Crippen molar-refractivity contribution in [2.75, 3.05) is 10.6 Å². The topological polar surface area (TPSA) is 73.7 Å². The number of allylic oxidation sites excluding steroid dienone is 2. The summed E-state index contributed by atoms with van der Waals surface area (Å²) in [5, 5.41) is 14.8. The summed E-state index contributed by atoms with van der Waals surface area (Å²) in [6.07, 6.45) is 6.97. The molecule has 0 aliphatic rings. The summed E-state index contributed by atoms with van der Waals surface area (Å²) in [6.45, 7) is 3.98. The van der Waals surface area contributed by atoms with Gasteiger partial charge in [-0.1, -0.05) is 35.9 Å². The van der Waals surface area contributed by atoms with Crippen molar-refractivity contribution >= 4 is 46.2 Å². The minimum absolute atomic E-state index is 0.0565. The fraction of sp³-hybridized carbons (Fsp3) is 0.136. The van der Waals surface area contributed by atoms with Crippen LogP contribution in [0.1, 0.15) is 13.8 Å². The lowest BCUT2D eigenvalue weighted by Crippen LogP contribution is -2.19. The van der Waals surface area contributed by atoms with E-state index in [-0.39, 0.29) is 6.04 Å². The van der Waals surface area contributed by atoms with Crippen molar-refractivity contribution in [3.63, 3.8) is 0 Å². The van der Waals surface area contributed by atoms with Crippen molar-refractivity contribution in [3.05, 3.63) is 77.4 Å². The van der Waals surface area contributed by atoms with Crippen LogP contribution in [0.4, 0.5) is 17.3 Å². The monoisotopic (exact) mass is 391 g/mol.